The molecule has 5 aromatic rings. The highest BCUT2D eigenvalue weighted by molar-refractivity contribution is 7.48. The van der Waals surface area contributed by atoms with Crippen molar-refractivity contribution in [1.29, 1.82) is 0 Å². The van der Waals surface area contributed by atoms with Crippen molar-refractivity contribution in [3.63, 3.8) is 0 Å². The van der Waals surface area contributed by atoms with Crippen LogP contribution in [0.1, 0.15) is 64.2 Å². The number of nitrogens with one attached hydrogen (secondary N) is 5. The van der Waals surface area contributed by atoms with Crippen molar-refractivity contribution < 1.29 is 55.6 Å². The van der Waals surface area contributed by atoms with E-state index in [0.717, 1.165) is 11.6 Å². The molecule has 1 atom stereocenters. The number of aromatic nitrogens is 4. The van der Waals surface area contributed by atoms with Crippen LogP contribution in [0.25, 0.3) is 11.2 Å². The summed E-state index contributed by atoms with van der Waals surface area (Å²) in [7, 11) is -3.71. The number of rotatable bonds is 20. The van der Waals surface area contributed by atoms with E-state index in [0.29, 0.717) is 29.9 Å². The summed E-state index contributed by atoms with van der Waals surface area (Å²) in [5.41, 5.74) is 5.06. The minimum absolute atomic E-state index is 0.00284. The van der Waals surface area contributed by atoms with Crippen LogP contribution >= 0.6 is 7.82 Å². The number of phosphoric acid groups is 1. The number of carboxylic acids is 1. The van der Waals surface area contributed by atoms with Crippen molar-refractivity contribution in [3.05, 3.63) is 111 Å². The van der Waals surface area contributed by atoms with E-state index >= 15 is 0 Å². The minimum atomic E-state index is -4.83. The fourth-order valence-electron chi connectivity index (χ4n) is 5.65. The summed E-state index contributed by atoms with van der Waals surface area (Å²) in [6.45, 7) is 3.66. The molecule has 2 heterocycles. The van der Waals surface area contributed by atoms with Gasteiger partial charge >= 0.3 is 20.0 Å². The van der Waals surface area contributed by atoms with Crippen LogP contribution in [0.15, 0.2) is 77.7 Å². The fourth-order valence-corrected chi connectivity index (χ4v) is 6.82. The first-order valence-electron chi connectivity index (χ1n) is 18.8. The Labute approximate surface area is 350 Å². The summed E-state index contributed by atoms with van der Waals surface area (Å²) >= 11 is 0. The zero-order chi connectivity index (χ0) is 45.0. The number of carbonyl (C=O) groups is 4. The van der Waals surface area contributed by atoms with Crippen molar-refractivity contribution in [1.82, 2.24) is 25.3 Å². The second-order valence-electron chi connectivity index (χ2n) is 13.1. The molecule has 0 aliphatic carbocycles. The highest BCUT2D eigenvalue weighted by atomic mass is 31.2. The fraction of sp³-hybridized carbons (Fsp3) is 0.282. The molecule has 23 heteroatoms. The maximum atomic E-state index is 13.7. The second-order valence-corrected chi connectivity index (χ2v) is 14.8. The number of amides is 3. The Balaban J connectivity index is 1.16. The van der Waals surface area contributed by atoms with Crippen LogP contribution in [-0.2, 0) is 46.9 Å². The van der Waals surface area contributed by atoms with E-state index in [1.54, 1.807) is 26.0 Å². The maximum absolute atomic E-state index is 13.7. The summed E-state index contributed by atoms with van der Waals surface area (Å²) in [6, 6.07) is 12.8. The molecule has 62 heavy (non-hydrogen) atoms. The first-order valence-corrected chi connectivity index (χ1v) is 20.3. The molecular formula is C39H41F3N9O10P. The Kier molecular flexibility index (Phi) is 15.5. The molecule has 0 fully saturated rings. The minimum Gasteiger partial charge on any atom is -0.480 e. The van der Waals surface area contributed by atoms with E-state index in [2.05, 4.69) is 41.2 Å². The molecule has 5 rings (SSSR count). The summed E-state index contributed by atoms with van der Waals surface area (Å²) in [4.78, 5) is 78.1. The normalized spacial score (nSPS) is 12.1. The molecule has 0 spiro atoms. The number of H-pyrrole nitrogens is 1. The molecule has 0 unspecified atom stereocenters. The topological polar surface area (TPSA) is 279 Å². The first-order chi connectivity index (χ1) is 29.5. The Hall–Kier alpha value is -6.74. The van der Waals surface area contributed by atoms with Crippen LogP contribution in [0.4, 0.5) is 36.2 Å². The number of aromatic amines is 1. The lowest BCUT2D eigenvalue weighted by Crippen LogP contribution is -2.41. The van der Waals surface area contributed by atoms with Crippen LogP contribution in [0.5, 0.6) is 0 Å². The van der Waals surface area contributed by atoms with Gasteiger partial charge in [0, 0.05) is 23.4 Å². The molecule has 0 radical (unpaired) electrons. The van der Waals surface area contributed by atoms with Crippen LogP contribution in [0.2, 0.25) is 0 Å². The number of carboxylic acid groups (broad SMARTS) is 1. The average Bonchev–Trinajstić information content (AvgIpc) is 3.22. The van der Waals surface area contributed by atoms with Crippen molar-refractivity contribution in [2.24, 2.45) is 0 Å². The van der Waals surface area contributed by atoms with Crippen molar-refractivity contribution in [2.45, 2.75) is 51.9 Å². The summed E-state index contributed by atoms with van der Waals surface area (Å²) < 4.78 is 69.0. The number of nitrogen functional groups attached to an aromatic ring is 1. The van der Waals surface area contributed by atoms with Gasteiger partial charge in [-0.15, -0.1) is 0 Å². The van der Waals surface area contributed by atoms with Gasteiger partial charge in [-0.3, -0.25) is 37.7 Å². The number of aliphatic carboxylic acids is 1. The van der Waals surface area contributed by atoms with Crippen molar-refractivity contribution in [2.75, 3.05) is 41.5 Å². The number of fused-ring (bicyclic) bond motifs is 1. The van der Waals surface area contributed by atoms with E-state index in [4.69, 9.17) is 19.3 Å². The molecule has 8 N–H and O–H groups in total. The molecule has 19 nitrogen and oxygen atoms in total. The van der Waals surface area contributed by atoms with Gasteiger partial charge in [-0.2, -0.15) is 18.2 Å². The highest BCUT2D eigenvalue weighted by Gasteiger charge is 2.32. The van der Waals surface area contributed by atoms with Gasteiger partial charge in [0.2, 0.25) is 11.9 Å². The van der Waals surface area contributed by atoms with Gasteiger partial charge in [-0.1, -0.05) is 12.1 Å². The first kappa shape index (κ1) is 46.3. The Morgan fingerprint density at radius 1 is 0.903 bits per heavy atom. The zero-order valence-corrected chi connectivity index (χ0v) is 34.0. The number of halogens is 3. The summed E-state index contributed by atoms with van der Waals surface area (Å²) in [5.74, 6) is -4.16. The smallest absolute Gasteiger partial charge is 0.474 e. The molecule has 3 amide bonds. The van der Waals surface area contributed by atoms with Gasteiger partial charge in [-0.05, 0) is 86.8 Å². The predicted molar refractivity (Wildman–Crippen MR) is 219 cm³/mol. The SMILES string of the molecule is CCOP(=O)(OCC)OCCc1ccc(NC(=O)c2ccc(C(F)(F)F)cc2NC(=O)CC[C@H](NC(=O)c2ccc(NCc3cnc4nc(N)[nH]c(=O)c4n3)cc2)C(=O)O)cc1. The third kappa shape index (κ3) is 12.9. The van der Waals surface area contributed by atoms with Gasteiger partial charge in [-0.25, -0.2) is 19.3 Å². The third-order valence-electron chi connectivity index (χ3n) is 8.66. The van der Waals surface area contributed by atoms with Crippen LogP contribution in [-0.4, -0.2) is 74.6 Å². The number of alkyl halides is 3. The standard InChI is InChI=1S/C39H41F3N9O10P/c1-3-59-62(58,60-4-2)61-18-17-22-5-10-26(11-6-22)47-35(54)28-14-9-24(39(40,41)42)19-30(28)48-31(52)16-15-29(37(56)57)49-34(53)23-7-12-25(13-8-23)44-20-27-21-45-33-32(46-27)36(55)51-38(43)50-33/h5-14,19,21,29,44H,3-4,15-18,20H2,1-2H3,(H,47,54)(H,48,52)(H,49,53)(H,56,57)(H3,43,45,50,51,55)/t29-/m0/s1. The van der Waals surface area contributed by atoms with Gasteiger partial charge in [0.1, 0.15) is 6.04 Å². The van der Waals surface area contributed by atoms with Crippen LogP contribution in [0.3, 0.4) is 0 Å². The number of nitrogens with two attached hydrogens (primary N) is 1. The molecule has 0 aliphatic rings. The zero-order valence-electron chi connectivity index (χ0n) is 33.1. The number of nitrogens with zero attached hydrogens (tertiary/aromatic N) is 3. The van der Waals surface area contributed by atoms with Gasteiger partial charge in [0.15, 0.2) is 11.2 Å². The molecule has 0 bridgehead atoms. The second kappa shape index (κ2) is 20.7. The monoisotopic (exact) mass is 883 g/mol. The highest BCUT2D eigenvalue weighted by Crippen LogP contribution is 2.49. The van der Waals surface area contributed by atoms with E-state index in [1.807, 2.05) is 0 Å². The number of benzene rings is 3. The number of phosphoric ester groups is 1. The number of anilines is 4. The largest absolute Gasteiger partial charge is 0.480 e. The lowest BCUT2D eigenvalue weighted by molar-refractivity contribution is -0.139. The molecule has 2 aromatic heterocycles. The van der Waals surface area contributed by atoms with Crippen molar-refractivity contribution >= 4 is 65.7 Å². The van der Waals surface area contributed by atoms with E-state index in [1.165, 1.54) is 42.6 Å². The number of hydrogen-bond donors (Lipinski definition) is 7. The molecule has 3 aromatic carbocycles. The quantitative estimate of drug-likeness (QED) is 0.0474. The molecule has 328 valence electrons. The van der Waals surface area contributed by atoms with Crippen LogP contribution in [0, 0.1) is 0 Å². The number of carbonyl (C=O) groups excluding carboxylic acids is 3. The Morgan fingerprint density at radius 3 is 2.23 bits per heavy atom. The average molecular weight is 884 g/mol. The third-order valence-corrected chi connectivity index (χ3v) is 10.3. The molecular weight excluding hydrogens is 842 g/mol. The van der Waals surface area contributed by atoms with Gasteiger partial charge in [0.25, 0.3) is 17.4 Å². The predicted octanol–water partition coefficient (Wildman–Crippen LogP) is 5.52. The molecule has 0 aliphatic heterocycles. The lowest BCUT2D eigenvalue weighted by atomic mass is 10.1. The van der Waals surface area contributed by atoms with Gasteiger partial charge in [0.05, 0.1) is 55.1 Å². The maximum Gasteiger partial charge on any atom is 0.474 e. The molecule has 0 saturated carbocycles. The van der Waals surface area contributed by atoms with E-state index < -0.39 is 73.4 Å². The number of hydrogen-bond acceptors (Lipinski definition) is 14. The van der Waals surface area contributed by atoms with Crippen molar-refractivity contribution in [3.8, 4) is 0 Å². The summed E-state index contributed by atoms with van der Waals surface area (Å²) in [6.07, 6.45) is -4.15. The van der Waals surface area contributed by atoms with Crippen LogP contribution < -0.4 is 32.6 Å². The Morgan fingerprint density at radius 2 is 1.58 bits per heavy atom. The molecule has 0 saturated heterocycles. The van der Waals surface area contributed by atoms with E-state index in [9.17, 15) is 46.8 Å². The summed E-state index contributed by atoms with van der Waals surface area (Å²) in [5, 5.41) is 20.0. The van der Waals surface area contributed by atoms with E-state index in [-0.39, 0.29) is 60.3 Å². The lowest BCUT2D eigenvalue weighted by Gasteiger charge is -2.17. The Bertz CT molecular complexity index is 2510. The van der Waals surface area contributed by atoms with Gasteiger partial charge < -0.3 is 32.1 Å².